The first kappa shape index (κ1) is 22.3. The van der Waals surface area contributed by atoms with Gasteiger partial charge in [-0.1, -0.05) is 47.0 Å². The van der Waals surface area contributed by atoms with Gasteiger partial charge in [-0.2, -0.15) is 0 Å². The summed E-state index contributed by atoms with van der Waals surface area (Å²) < 4.78 is 0. The summed E-state index contributed by atoms with van der Waals surface area (Å²) in [6.45, 7) is 3.84. The van der Waals surface area contributed by atoms with Gasteiger partial charge in [0.05, 0.1) is 0 Å². The summed E-state index contributed by atoms with van der Waals surface area (Å²) in [4.78, 5) is 50.4. The number of hydrogen-bond donors (Lipinski definition) is 0. The molecular formula is C18H31NO5. The van der Waals surface area contributed by atoms with Crippen LogP contribution in [-0.4, -0.2) is 28.6 Å². The standard InChI is InChI=1S/C17H27NO5.CH4/c1-13(2)14(19)9-7-5-3-4-6-8-10-17(22)23-18-15(20)11-12-16(18)21;/h13H,3-12H2,1-2H3;1H4. The number of amides is 2. The van der Waals surface area contributed by atoms with Gasteiger partial charge in [0.1, 0.15) is 5.78 Å². The molecule has 1 saturated heterocycles. The Morgan fingerprint density at radius 2 is 1.38 bits per heavy atom. The lowest BCUT2D eigenvalue weighted by Gasteiger charge is -2.12. The molecule has 0 aliphatic carbocycles. The zero-order valence-corrected chi connectivity index (χ0v) is 14.1. The predicted octanol–water partition coefficient (Wildman–Crippen LogP) is 3.58. The molecule has 0 atom stereocenters. The highest BCUT2D eigenvalue weighted by Crippen LogP contribution is 2.14. The van der Waals surface area contributed by atoms with Crippen LogP contribution in [0, 0.1) is 5.92 Å². The van der Waals surface area contributed by atoms with Crippen LogP contribution in [0.2, 0.25) is 0 Å². The van der Waals surface area contributed by atoms with Crippen molar-refractivity contribution in [3.8, 4) is 0 Å². The minimum absolute atomic E-state index is 0. The maximum absolute atomic E-state index is 11.6. The number of hydrogen-bond acceptors (Lipinski definition) is 5. The van der Waals surface area contributed by atoms with Crippen molar-refractivity contribution in [2.75, 3.05) is 0 Å². The van der Waals surface area contributed by atoms with Crippen LogP contribution in [0.1, 0.15) is 85.5 Å². The van der Waals surface area contributed by atoms with E-state index in [-0.39, 0.29) is 32.6 Å². The zero-order valence-electron chi connectivity index (χ0n) is 14.1. The molecule has 0 aromatic rings. The number of carbonyl (C=O) groups is 4. The van der Waals surface area contributed by atoms with Crippen LogP contribution in [0.5, 0.6) is 0 Å². The third-order valence-corrected chi connectivity index (χ3v) is 3.90. The minimum Gasteiger partial charge on any atom is -0.330 e. The lowest BCUT2D eigenvalue weighted by atomic mass is 10.0. The molecule has 1 fully saturated rings. The number of nitrogens with zero attached hydrogens (tertiary/aromatic N) is 1. The summed E-state index contributed by atoms with van der Waals surface area (Å²) >= 11 is 0. The second-order valence-corrected chi connectivity index (χ2v) is 6.29. The molecule has 6 heteroatoms. The molecule has 0 unspecified atom stereocenters. The van der Waals surface area contributed by atoms with Gasteiger partial charge in [0, 0.05) is 31.6 Å². The summed E-state index contributed by atoms with van der Waals surface area (Å²) in [5.74, 6) is -0.983. The lowest BCUT2D eigenvalue weighted by Crippen LogP contribution is -2.31. The number of hydroxylamine groups is 2. The van der Waals surface area contributed by atoms with Crippen LogP contribution in [-0.2, 0) is 24.0 Å². The smallest absolute Gasteiger partial charge is 0.330 e. The lowest BCUT2D eigenvalue weighted by molar-refractivity contribution is -0.197. The van der Waals surface area contributed by atoms with Crippen molar-refractivity contribution in [2.45, 2.75) is 85.5 Å². The Kier molecular flexibility index (Phi) is 10.9. The van der Waals surface area contributed by atoms with Gasteiger partial charge < -0.3 is 4.84 Å². The van der Waals surface area contributed by atoms with Crippen molar-refractivity contribution in [1.82, 2.24) is 5.06 Å². The van der Waals surface area contributed by atoms with E-state index in [0.29, 0.717) is 23.7 Å². The Bertz CT molecular complexity index is 429. The first-order valence-electron chi connectivity index (χ1n) is 8.51. The summed E-state index contributed by atoms with van der Waals surface area (Å²) in [6.07, 6.45) is 6.68. The molecule has 0 aromatic heterocycles. The predicted molar refractivity (Wildman–Crippen MR) is 90.7 cm³/mol. The molecule has 6 nitrogen and oxygen atoms in total. The molecule has 0 bridgehead atoms. The van der Waals surface area contributed by atoms with Crippen LogP contribution < -0.4 is 0 Å². The molecule has 1 aliphatic heterocycles. The van der Waals surface area contributed by atoms with E-state index in [4.69, 9.17) is 4.84 Å². The molecule has 0 spiro atoms. The van der Waals surface area contributed by atoms with Crippen LogP contribution in [0.4, 0.5) is 0 Å². The molecule has 1 aliphatic rings. The van der Waals surface area contributed by atoms with Crippen molar-refractivity contribution in [3.63, 3.8) is 0 Å². The van der Waals surface area contributed by atoms with Gasteiger partial charge >= 0.3 is 5.97 Å². The molecule has 2 amide bonds. The molecule has 1 rings (SSSR count). The van der Waals surface area contributed by atoms with Crippen molar-refractivity contribution in [1.29, 1.82) is 0 Å². The molecule has 24 heavy (non-hydrogen) atoms. The third-order valence-electron chi connectivity index (χ3n) is 3.90. The van der Waals surface area contributed by atoms with Crippen molar-refractivity contribution in [2.24, 2.45) is 5.92 Å². The Balaban J connectivity index is 0.00000529. The molecule has 138 valence electrons. The average Bonchev–Trinajstić information content (AvgIpc) is 2.81. The fourth-order valence-corrected chi connectivity index (χ4v) is 2.37. The van der Waals surface area contributed by atoms with E-state index < -0.39 is 17.8 Å². The highest BCUT2D eigenvalue weighted by Gasteiger charge is 2.32. The fourth-order valence-electron chi connectivity index (χ4n) is 2.37. The largest absolute Gasteiger partial charge is 0.333 e. The second kappa shape index (κ2) is 11.8. The molecule has 0 aromatic carbocycles. The van der Waals surface area contributed by atoms with Crippen LogP contribution >= 0.6 is 0 Å². The first-order chi connectivity index (χ1) is 10.9. The number of imide groups is 1. The minimum atomic E-state index is -0.531. The van der Waals surface area contributed by atoms with E-state index in [1.807, 2.05) is 13.8 Å². The van der Waals surface area contributed by atoms with Gasteiger partial charge in [-0.3, -0.25) is 14.4 Å². The van der Waals surface area contributed by atoms with Gasteiger partial charge in [-0.25, -0.2) is 4.79 Å². The van der Waals surface area contributed by atoms with E-state index in [9.17, 15) is 19.2 Å². The Morgan fingerprint density at radius 3 is 1.88 bits per heavy atom. The Morgan fingerprint density at radius 1 is 0.917 bits per heavy atom. The molecular weight excluding hydrogens is 310 g/mol. The summed E-state index contributed by atoms with van der Waals surface area (Å²) in [5.41, 5.74) is 0. The van der Waals surface area contributed by atoms with Gasteiger partial charge in [-0.05, 0) is 12.8 Å². The van der Waals surface area contributed by atoms with Crippen molar-refractivity contribution >= 4 is 23.6 Å². The average molecular weight is 341 g/mol. The van der Waals surface area contributed by atoms with Crippen LogP contribution in [0.3, 0.4) is 0 Å². The maximum atomic E-state index is 11.6. The number of Topliss-reactive ketones (excluding diaryl/α,β-unsaturated/α-hetero) is 1. The van der Waals surface area contributed by atoms with Crippen LogP contribution in [0.15, 0.2) is 0 Å². The number of rotatable bonds is 11. The molecule has 0 N–H and O–H groups in total. The summed E-state index contributed by atoms with van der Waals surface area (Å²) in [7, 11) is 0. The SMILES string of the molecule is C.CC(C)C(=O)CCCCCCCCC(=O)ON1C(=O)CCC1=O. The third kappa shape index (κ3) is 8.22. The first-order valence-corrected chi connectivity index (χ1v) is 8.51. The number of unbranched alkanes of at least 4 members (excludes halogenated alkanes) is 5. The highest BCUT2D eigenvalue weighted by atomic mass is 16.7. The quantitative estimate of drug-likeness (QED) is 0.424. The Labute approximate surface area is 144 Å². The molecule has 0 radical (unpaired) electrons. The van der Waals surface area contributed by atoms with E-state index in [0.717, 1.165) is 32.1 Å². The number of carbonyl (C=O) groups excluding carboxylic acids is 4. The monoisotopic (exact) mass is 341 g/mol. The second-order valence-electron chi connectivity index (χ2n) is 6.29. The van der Waals surface area contributed by atoms with Gasteiger partial charge in [0.15, 0.2) is 0 Å². The van der Waals surface area contributed by atoms with E-state index in [1.165, 1.54) is 0 Å². The fraction of sp³-hybridized carbons (Fsp3) is 0.778. The summed E-state index contributed by atoms with van der Waals surface area (Å²) in [6, 6.07) is 0. The van der Waals surface area contributed by atoms with Crippen LogP contribution in [0.25, 0.3) is 0 Å². The van der Waals surface area contributed by atoms with E-state index in [1.54, 1.807) is 0 Å². The van der Waals surface area contributed by atoms with Gasteiger partial charge in [-0.15, -0.1) is 5.06 Å². The topological polar surface area (TPSA) is 80.8 Å². The van der Waals surface area contributed by atoms with Crippen molar-refractivity contribution < 1.29 is 24.0 Å². The Hall–Kier alpha value is -1.72. The van der Waals surface area contributed by atoms with Gasteiger partial charge in [0.25, 0.3) is 11.8 Å². The molecule has 0 saturated carbocycles. The maximum Gasteiger partial charge on any atom is 0.333 e. The van der Waals surface area contributed by atoms with E-state index >= 15 is 0 Å². The van der Waals surface area contributed by atoms with E-state index in [2.05, 4.69) is 0 Å². The zero-order chi connectivity index (χ0) is 17.2. The number of ketones is 1. The summed E-state index contributed by atoms with van der Waals surface area (Å²) in [5, 5.41) is 0.591. The highest BCUT2D eigenvalue weighted by molar-refractivity contribution is 6.01. The van der Waals surface area contributed by atoms with Gasteiger partial charge in [0.2, 0.25) is 0 Å². The normalized spacial score (nSPS) is 14.0. The molecule has 1 heterocycles. The van der Waals surface area contributed by atoms with Crippen molar-refractivity contribution in [3.05, 3.63) is 0 Å².